The van der Waals surface area contributed by atoms with Crippen molar-refractivity contribution < 1.29 is 9.18 Å². The Kier molecular flexibility index (Phi) is 4.14. The second kappa shape index (κ2) is 6.30. The summed E-state index contributed by atoms with van der Waals surface area (Å²) in [5.41, 5.74) is 1.91. The maximum Gasteiger partial charge on any atom is 0.234 e. The molecule has 4 rings (SSSR count). The number of nitrogens with zero attached hydrogens (tertiary/aromatic N) is 2. The van der Waals surface area contributed by atoms with E-state index in [-0.39, 0.29) is 17.1 Å². The van der Waals surface area contributed by atoms with Gasteiger partial charge in [0.2, 0.25) is 5.91 Å². The normalized spacial score (nSPS) is 24.9. The minimum absolute atomic E-state index is 0.203. The van der Waals surface area contributed by atoms with E-state index in [1.165, 1.54) is 12.1 Å². The Hall–Kier alpha value is -1.72. The summed E-state index contributed by atoms with van der Waals surface area (Å²) in [6, 6.07) is 8.72. The largest absolute Gasteiger partial charge is 0.311 e. The Labute approximate surface area is 145 Å². The lowest BCUT2D eigenvalue weighted by Gasteiger charge is -2.39. The summed E-state index contributed by atoms with van der Waals surface area (Å²) >= 11 is 1.63. The van der Waals surface area contributed by atoms with Crippen molar-refractivity contribution >= 4 is 22.9 Å². The maximum atomic E-state index is 13.1. The minimum Gasteiger partial charge on any atom is -0.311 e. The number of carbonyl (C=O) groups excluding carboxylic acids is 1. The van der Waals surface area contributed by atoms with Gasteiger partial charge in [-0.1, -0.05) is 12.1 Å². The van der Waals surface area contributed by atoms with E-state index in [1.807, 2.05) is 28.5 Å². The first-order valence-corrected chi connectivity index (χ1v) is 9.42. The lowest BCUT2D eigenvalue weighted by atomic mass is 9.78. The Bertz CT molecular complexity index is 715. The maximum absolute atomic E-state index is 13.1. The number of benzene rings is 1. The first-order chi connectivity index (χ1) is 11.7. The van der Waals surface area contributed by atoms with Gasteiger partial charge in [-0.2, -0.15) is 11.3 Å². The fourth-order valence-electron chi connectivity index (χ4n) is 4.07. The molecule has 1 amide bonds. The number of carbonyl (C=O) groups is 1. The average molecular weight is 344 g/mol. The van der Waals surface area contributed by atoms with Gasteiger partial charge in [-0.3, -0.25) is 9.69 Å². The molecule has 0 bridgehead atoms. The predicted molar refractivity (Wildman–Crippen MR) is 94.6 cm³/mol. The van der Waals surface area contributed by atoms with Crippen molar-refractivity contribution in [3.63, 3.8) is 0 Å². The van der Waals surface area contributed by atoms with Crippen LogP contribution in [0.25, 0.3) is 0 Å². The summed E-state index contributed by atoms with van der Waals surface area (Å²) in [7, 11) is 0. The van der Waals surface area contributed by atoms with Crippen LogP contribution < -0.4 is 4.90 Å². The number of anilines is 1. The van der Waals surface area contributed by atoms with E-state index in [1.54, 1.807) is 11.3 Å². The van der Waals surface area contributed by atoms with E-state index < -0.39 is 0 Å². The topological polar surface area (TPSA) is 23.6 Å². The third-order valence-corrected chi connectivity index (χ3v) is 5.98. The molecule has 2 saturated heterocycles. The first-order valence-electron chi connectivity index (χ1n) is 8.47. The summed E-state index contributed by atoms with van der Waals surface area (Å²) in [5.74, 6) is 0.0796. The summed E-state index contributed by atoms with van der Waals surface area (Å²) in [4.78, 5) is 17.4. The van der Waals surface area contributed by atoms with Crippen LogP contribution in [0.5, 0.6) is 0 Å². The van der Waals surface area contributed by atoms with Gasteiger partial charge in [0, 0.05) is 25.0 Å². The summed E-state index contributed by atoms with van der Waals surface area (Å²) in [6.07, 6.45) is 2.96. The van der Waals surface area contributed by atoms with Gasteiger partial charge >= 0.3 is 0 Å². The van der Waals surface area contributed by atoms with E-state index in [0.29, 0.717) is 0 Å². The van der Waals surface area contributed by atoms with E-state index >= 15 is 0 Å². The van der Waals surface area contributed by atoms with Gasteiger partial charge in [0.1, 0.15) is 5.82 Å². The zero-order chi connectivity index (χ0) is 16.6. The first kappa shape index (κ1) is 15.8. The van der Waals surface area contributed by atoms with Gasteiger partial charge < -0.3 is 4.90 Å². The molecule has 126 valence electrons. The summed E-state index contributed by atoms with van der Waals surface area (Å²) in [5, 5.41) is 4.07. The fraction of sp³-hybridized carbons (Fsp3) is 0.421. The lowest BCUT2D eigenvalue weighted by Crippen LogP contribution is -2.47. The van der Waals surface area contributed by atoms with Crippen LogP contribution in [0.2, 0.25) is 0 Å². The van der Waals surface area contributed by atoms with Crippen LogP contribution in [-0.2, 0) is 11.3 Å². The number of halogens is 1. The van der Waals surface area contributed by atoms with Crippen LogP contribution in [0.3, 0.4) is 0 Å². The average Bonchev–Trinajstić information content (AvgIpc) is 3.20. The standard InChI is InChI=1S/C19H21FN2OS/c20-16-4-2-15(3-5-16)12-21-9-1-7-19(14-21)8-10-22(18(19)23)17-6-11-24-13-17/h2-6,11,13H,1,7-10,12,14H2/t19-/m0/s1. The molecule has 3 nitrogen and oxygen atoms in total. The third kappa shape index (κ3) is 2.87. The highest BCUT2D eigenvalue weighted by atomic mass is 32.1. The van der Waals surface area contributed by atoms with Crippen molar-refractivity contribution in [1.82, 2.24) is 4.90 Å². The molecule has 1 atom stereocenters. The van der Waals surface area contributed by atoms with Crippen LogP contribution in [0.15, 0.2) is 41.1 Å². The molecule has 0 saturated carbocycles. The van der Waals surface area contributed by atoms with Gasteiger partial charge in [0.15, 0.2) is 0 Å². The van der Waals surface area contributed by atoms with Gasteiger partial charge in [0.05, 0.1) is 11.1 Å². The highest BCUT2D eigenvalue weighted by Crippen LogP contribution is 2.42. The minimum atomic E-state index is -0.236. The van der Waals surface area contributed by atoms with Crippen LogP contribution >= 0.6 is 11.3 Å². The van der Waals surface area contributed by atoms with Gasteiger partial charge in [-0.05, 0) is 54.9 Å². The van der Waals surface area contributed by atoms with Gasteiger partial charge in [-0.15, -0.1) is 0 Å². The lowest BCUT2D eigenvalue weighted by molar-refractivity contribution is -0.128. The Balaban J connectivity index is 1.48. The molecule has 2 aromatic rings. The quantitative estimate of drug-likeness (QED) is 0.843. The number of amides is 1. The van der Waals surface area contributed by atoms with Crippen molar-refractivity contribution in [2.75, 3.05) is 24.5 Å². The Morgan fingerprint density at radius 3 is 2.71 bits per heavy atom. The third-order valence-electron chi connectivity index (χ3n) is 5.31. The second-order valence-corrected chi connectivity index (χ2v) is 7.69. The highest BCUT2D eigenvalue weighted by Gasteiger charge is 2.49. The van der Waals surface area contributed by atoms with E-state index in [2.05, 4.69) is 10.3 Å². The summed E-state index contributed by atoms with van der Waals surface area (Å²) in [6.45, 7) is 3.42. The predicted octanol–water partition coefficient (Wildman–Crippen LogP) is 3.91. The second-order valence-electron chi connectivity index (χ2n) is 6.91. The Morgan fingerprint density at radius 2 is 1.96 bits per heavy atom. The fourth-order valence-corrected chi connectivity index (χ4v) is 4.71. The molecule has 1 aromatic heterocycles. The number of hydrogen-bond donors (Lipinski definition) is 0. The molecule has 2 aliphatic rings. The molecule has 24 heavy (non-hydrogen) atoms. The van der Waals surface area contributed by atoms with Gasteiger partial charge in [0.25, 0.3) is 0 Å². The number of thiophene rings is 1. The van der Waals surface area contributed by atoms with Crippen molar-refractivity contribution in [3.8, 4) is 0 Å². The van der Waals surface area contributed by atoms with Crippen LogP contribution in [0.4, 0.5) is 10.1 Å². The zero-order valence-corrected chi connectivity index (χ0v) is 14.4. The molecule has 2 aliphatic heterocycles. The number of likely N-dealkylation sites (tertiary alicyclic amines) is 1. The smallest absolute Gasteiger partial charge is 0.234 e. The highest BCUT2D eigenvalue weighted by molar-refractivity contribution is 7.08. The summed E-state index contributed by atoms with van der Waals surface area (Å²) < 4.78 is 13.1. The van der Waals surface area contributed by atoms with E-state index in [4.69, 9.17) is 0 Å². The number of rotatable bonds is 3. The van der Waals surface area contributed by atoms with Crippen LogP contribution in [-0.4, -0.2) is 30.4 Å². The molecular formula is C19H21FN2OS. The molecule has 0 unspecified atom stereocenters. The molecule has 3 heterocycles. The molecule has 1 aromatic carbocycles. The van der Waals surface area contributed by atoms with Crippen LogP contribution in [0.1, 0.15) is 24.8 Å². The molecule has 5 heteroatoms. The number of hydrogen-bond acceptors (Lipinski definition) is 3. The monoisotopic (exact) mass is 344 g/mol. The Morgan fingerprint density at radius 1 is 1.12 bits per heavy atom. The molecule has 0 N–H and O–H groups in total. The van der Waals surface area contributed by atoms with Crippen molar-refractivity contribution in [1.29, 1.82) is 0 Å². The molecule has 0 radical (unpaired) electrons. The molecular weight excluding hydrogens is 323 g/mol. The number of piperidine rings is 1. The van der Waals surface area contributed by atoms with Crippen molar-refractivity contribution in [2.45, 2.75) is 25.8 Å². The van der Waals surface area contributed by atoms with E-state index in [9.17, 15) is 9.18 Å². The van der Waals surface area contributed by atoms with Crippen molar-refractivity contribution in [3.05, 3.63) is 52.5 Å². The van der Waals surface area contributed by atoms with Gasteiger partial charge in [-0.25, -0.2) is 4.39 Å². The molecule has 1 spiro atoms. The zero-order valence-electron chi connectivity index (χ0n) is 13.6. The molecule has 0 aliphatic carbocycles. The molecule has 2 fully saturated rings. The SMILES string of the molecule is O=C1N(c2ccsc2)CC[C@]12CCCN(Cc1ccc(F)cc1)C2. The van der Waals surface area contributed by atoms with Crippen molar-refractivity contribution in [2.24, 2.45) is 5.41 Å². The van der Waals surface area contributed by atoms with E-state index in [0.717, 1.165) is 56.7 Å². The van der Waals surface area contributed by atoms with Crippen LogP contribution in [0, 0.1) is 11.2 Å².